The second-order valence-electron chi connectivity index (χ2n) is 4.81. The van der Waals surface area contributed by atoms with Gasteiger partial charge in [0.15, 0.2) is 5.78 Å². The zero-order valence-corrected chi connectivity index (χ0v) is 9.75. The van der Waals surface area contributed by atoms with Gasteiger partial charge in [-0.2, -0.15) is 0 Å². The molecule has 16 heavy (non-hydrogen) atoms. The summed E-state index contributed by atoms with van der Waals surface area (Å²) < 4.78 is 5.85. The number of rotatable bonds is 2. The molecule has 0 amide bonds. The van der Waals surface area contributed by atoms with E-state index in [9.17, 15) is 4.79 Å². The van der Waals surface area contributed by atoms with E-state index in [0.29, 0.717) is 5.56 Å². The second kappa shape index (κ2) is 3.91. The zero-order valence-electron chi connectivity index (χ0n) is 9.75. The van der Waals surface area contributed by atoms with Gasteiger partial charge in [-0.1, -0.05) is 0 Å². The van der Waals surface area contributed by atoms with Crippen LogP contribution in [0, 0.1) is 0 Å². The molecular weight excluding hydrogens is 202 g/mol. The average molecular weight is 219 g/mol. The molecule has 1 aromatic carbocycles. The Kier molecular flexibility index (Phi) is 2.72. The third-order valence-electron chi connectivity index (χ3n) is 2.95. The summed E-state index contributed by atoms with van der Waals surface area (Å²) in [6, 6.07) is 5.56. The number of carbonyl (C=O) groups is 1. The van der Waals surface area contributed by atoms with Crippen LogP contribution in [0.2, 0.25) is 0 Å². The summed E-state index contributed by atoms with van der Waals surface area (Å²) in [4.78, 5) is 11.5. The molecule has 2 N–H and O–H groups in total. The van der Waals surface area contributed by atoms with Crippen LogP contribution in [-0.4, -0.2) is 17.9 Å². The van der Waals surface area contributed by atoms with Gasteiger partial charge >= 0.3 is 0 Å². The third-order valence-corrected chi connectivity index (χ3v) is 2.95. The van der Waals surface area contributed by atoms with Crippen molar-refractivity contribution in [2.75, 3.05) is 6.54 Å². The minimum absolute atomic E-state index is 0.0207. The molecule has 1 heterocycles. The molecule has 0 saturated carbocycles. The average Bonchev–Trinajstić information content (AvgIpc) is 2.26. The standard InChI is InChI=1S/C13H17NO2/c1-13(2)6-5-10-7-9(11(15)8-14)3-4-12(10)16-13/h3-4,7H,5-6,8,14H2,1-2H3. The molecule has 0 aromatic heterocycles. The number of aryl methyl sites for hydroxylation is 1. The molecule has 0 saturated heterocycles. The van der Waals surface area contributed by atoms with E-state index in [2.05, 4.69) is 13.8 Å². The highest BCUT2D eigenvalue weighted by Crippen LogP contribution is 2.33. The van der Waals surface area contributed by atoms with Gasteiger partial charge in [0.05, 0.1) is 6.54 Å². The molecule has 3 heteroatoms. The van der Waals surface area contributed by atoms with Gasteiger partial charge in [0, 0.05) is 5.56 Å². The molecule has 0 atom stereocenters. The fourth-order valence-corrected chi connectivity index (χ4v) is 1.95. The first-order chi connectivity index (χ1) is 7.52. The van der Waals surface area contributed by atoms with Crippen molar-refractivity contribution in [1.82, 2.24) is 0 Å². The first kappa shape index (κ1) is 11.1. The van der Waals surface area contributed by atoms with E-state index < -0.39 is 0 Å². The van der Waals surface area contributed by atoms with Crippen LogP contribution in [0.25, 0.3) is 0 Å². The van der Waals surface area contributed by atoms with Gasteiger partial charge in [0.2, 0.25) is 0 Å². The van der Waals surface area contributed by atoms with Crippen molar-refractivity contribution in [1.29, 1.82) is 0 Å². The van der Waals surface area contributed by atoms with Crippen LogP contribution in [0.1, 0.15) is 36.2 Å². The summed E-state index contributed by atoms with van der Waals surface area (Å²) in [5.41, 5.74) is 7.03. The van der Waals surface area contributed by atoms with Crippen LogP contribution >= 0.6 is 0 Å². The van der Waals surface area contributed by atoms with Gasteiger partial charge in [-0.05, 0) is 50.5 Å². The van der Waals surface area contributed by atoms with Gasteiger partial charge in [0.25, 0.3) is 0 Å². The highest BCUT2D eigenvalue weighted by Gasteiger charge is 2.26. The smallest absolute Gasteiger partial charge is 0.176 e. The second-order valence-corrected chi connectivity index (χ2v) is 4.81. The van der Waals surface area contributed by atoms with E-state index in [4.69, 9.17) is 10.5 Å². The number of hydrogen-bond donors (Lipinski definition) is 1. The van der Waals surface area contributed by atoms with Gasteiger partial charge in [-0.3, -0.25) is 4.79 Å². The van der Waals surface area contributed by atoms with E-state index in [1.807, 2.05) is 12.1 Å². The minimum atomic E-state index is -0.105. The molecule has 3 nitrogen and oxygen atoms in total. The molecule has 0 bridgehead atoms. The summed E-state index contributed by atoms with van der Waals surface area (Å²) in [7, 11) is 0. The number of ketones is 1. The summed E-state index contributed by atoms with van der Waals surface area (Å²) in [6.07, 6.45) is 1.92. The Morgan fingerprint density at radius 2 is 2.25 bits per heavy atom. The van der Waals surface area contributed by atoms with E-state index in [1.165, 1.54) is 0 Å². The lowest BCUT2D eigenvalue weighted by Crippen LogP contribution is -2.32. The van der Waals surface area contributed by atoms with Crippen LogP contribution in [0.15, 0.2) is 18.2 Å². The molecule has 0 radical (unpaired) electrons. The first-order valence-corrected chi connectivity index (χ1v) is 5.57. The Labute approximate surface area is 95.6 Å². The quantitative estimate of drug-likeness (QED) is 0.773. The molecule has 0 aliphatic carbocycles. The maximum absolute atomic E-state index is 11.5. The van der Waals surface area contributed by atoms with E-state index >= 15 is 0 Å². The lowest BCUT2D eigenvalue weighted by molar-refractivity contribution is 0.0846. The van der Waals surface area contributed by atoms with E-state index in [0.717, 1.165) is 24.2 Å². The molecule has 1 aliphatic heterocycles. The Bertz CT molecular complexity index is 424. The van der Waals surface area contributed by atoms with E-state index in [-0.39, 0.29) is 17.9 Å². The van der Waals surface area contributed by atoms with Gasteiger partial charge in [0.1, 0.15) is 11.4 Å². The van der Waals surface area contributed by atoms with Gasteiger partial charge in [-0.25, -0.2) is 0 Å². The summed E-state index contributed by atoms with van der Waals surface area (Å²) in [5, 5.41) is 0. The van der Waals surface area contributed by atoms with Crippen LogP contribution < -0.4 is 10.5 Å². The highest BCUT2D eigenvalue weighted by molar-refractivity contribution is 5.97. The minimum Gasteiger partial charge on any atom is -0.488 e. The number of benzene rings is 1. The van der Waals surface area contributed by atoms with Crippen molar-refractivity contribution < 1.29 is 9.53 Å². The molecule has 0 fully saturated rings. The van der Waals surface area contributed by atoms with Gasteiger partial charge in [-0.15, -0.1) is 0 Å². The van der Waals surface area contributed by atoms with Crippen molar-refractivity contribution in [3.8, 4) is 5.75 Å². The molecule has 2 rings (SSSR count). The summed E-state index contributed by atoms with van der Waals surface area (Å²) in [6.45, 7) is 4.22. The number of fused-ring (bicyclic) bond motifs is 1. The van der Waals surface area contributed by atoms with Crippen molar-refractivity contribution in [2.24, 2.45) is 5.73 Å². The molecular formula is C13H17NO2. The Balaban J connectivity index is 2.32. The maximum atomic E-state index is 11.5. The largest absolute Gasteiger partial charge is 0.488 e. The fourth-order valence-electron chi connectivity index (χ4n) is 1.95. The number of ether oxygens (including phenoxy) is 1. The topological polar surface area (TPSA) is 52.3 Å². The third kappa shape index (κ3) is 2.09. The van der Waals surface area contributed by atoms with Crippen molar-refractivity contribution >= 4 is 5.78 Å². The Morgan fingerprint density at radius 1 is 1.50 bits per heavy atom. The molecule has 0 spiro atoms. The number of hydrogen-bond acceptors (Lipinski definition) is 3. The van der Waals surface area contributed by atoms with Crippen molar-refractivity contribution in [3.05, 3.63) is 29.3 Å². The number of carbonyl (C=O) groups excluding carboxylic acids is 1. The fraction of sp³-hybridized carbons (Fsp3) is 0.462. The van der Waals surface area contributed by atoms with Crippen molar-refractivity contribution in [2.45, 2.75) is 32.3 Å². The normalized spacial score (nSPS) is 17.4. The first-order valence-electron chi connectivity index (χ1n) is 5.57. The monoisotopic (exact) mass is 219 g/mol. The maximum Gasteiger partial charge on any atom is 0.176 e. The summed E-state index contributed by atoms with van der Waals surface area (Å²) >= 11 is 0. The highest BCUT2D eigenvalue weighted by atomic mass is 16.5. The number of Topliss-reactive ketones (excluding diaryl/α,β-unsaturated/α-hetero) is 1. The van der Waals surface area contributed by atoms with Crippen LogP contribution in [0.4, 0.5) is 0 Å². The summed E-state index contributed by atoms with van der Waals surface area (Å²) in [5.74, 6) is 0.873. The predicted molar refractivity (Wildman–Crippen MR) is 62.9 cm³/mol. The SMILES string of the molecule is CC1(C)CCc2cc(C(=O)CN)ccc2O1. The van der Waals surface area contributed by atoms with Crippen LogP contribution in [-0.2, 0) is 6.42 Å². The molecule has 0 unspecified atom stereocenters. The van der Waals surface area contributed by atoms with Crippen molar-refractivity contribution in [3.63, 3.8) is 0 Å². The molecule has 1 aliphatic rings. The van der Waals surface area contributed by atoms with Crippen LogP contribution in [0.5, 0.6) is 5.75 Å². The predicted octanol–water partition coefficient (Wildman–Crippen LogP) is 1.93. The van der Waals surface area contributed by atoms with Crippen LogP contribution in [0.3, 0.4) is 0 Å². The Hall–Kier alpha value is -1.35. The number of nitrogens with two attached hydrogens (primary N) is 1. The molecule has 1 aromatic rings. The van der Waals surface area contributed by atoms with Gasteiger partial charge < -0.3 is 10.5 Å². The lowest BCUT2D eigenvalue weighted by atomic mass is 9.93. The Morgan fingerprint density at radius 3 is 2.94 bits per heavy atom. The zero-order chi connectivity index (χ0) is 11.8. The molecule has 86 valence electrons. The van der Waals surface area contributed by atoms with E-state index in [1.54, 1.807) is 6.07 Å². The lowest BCUT2D eigenvalue weighted by Gasteiger charge is -2.32.